The molecule has 0 bridgehead atoms. The van der Waals surface area contributed by atoms with Gasteiger partial charge in [-0.05, 0) is 201 Å². The second-order valence-corrected chi connectivity index (χ2v) is 21.3. The Morgan fingerprint density at radius 1 is 0.116 bits per heavy atom. The molecule has 0 fully saturated rings. The van der Waals surface area contributed by atoms with Crippen molar-refractivity contribution < 1.29 is 0 Å². The van der Waals surface area contributed by atoms with E-state index in [-0.39, 0.29) is 0 Å². The van der Waals surface area contributed by atoms with Crippen LogP contribution >= 0.6 is 0 Å². The average molecular weight is 1100 g/mol. The monoisotopic (exact) mass is 1100 g/mol. The Hall–Kier alpha value is -11.5. The topological polar surface area (TPSA) is 13.0 Å². The molecule has 14 aromatic carbocycles. The van der Waals surface area contributed by atoms with Crippen molar-refractivity contribution in [2.45, 2.75) is 0 Å². The maximum atomic E-state index is 2.35. The van der Waals surface area contributed by atoms with Gasteiger partial charge in [-0.15, -0.1) is 0 Å². The number of hydrogen-bond donors (Lipinski definition) is 0. The van der Waals surface area contributed by atoms with E-state index in [9.17, 15) is 0 Å². The molecule has 14 aromatic rings. The first-order valence-electron chi connectivity index (χ1n) is 29.3. The number of para-hydroxylation sites is 6. The van der Waals surface area contributed by atoms with Crippen LogP contribution in [-0.2, 0) is 0 Å². The largest absolute Gasteiger partial charge is 0.311 e. The summed E-state index contributed by atoms with van der Waals surface area (Å²) in [5.41, 5.74) is 22.2. The van der Waals surface area contributed by atoms with Crippen LogP contribution in [0.1, 0.15) is 0 Å². The summed E-state index contributed by atoms with van der Waals surface area (Å²) in [6.45, 7) is 0. The molecule has 0 radical (unpaired) electrons. The van der Waals surface area contributed by atoms with Crippen molar-refractivity contribution >= 4 is 79.0 Å². The summed E-state index contributed by atoms with van der Waals surface area (Å²) >= 11 is 0. The molecule has 0 spiro atoms. The van der Waals surface area contributed by atoms with Crippen LogP contribution in [0.2, 0.25) is 0 Å². The van der Waals surface area contributed by atoms with Crippen LogP contribution in [0.15, 0.2) is 364 Å². The fourth-order valence-corrected chi connectivity index (χ4v) is 12.1. The predicted octanol–water partition coefficient (Wildman–Crippen LogP) is 23.4. The second kappa shape index (κ2) is 24.2. The van der Waals surface area contributed by atoms with Crippen molar-refractivity contribution in [1.82, 2.24) is 0 Å². The lowest BCUT2D eigenvalue weighted by molar-refractivity contribution is 1.26. The van der Waals surface area contributed by atoms with Gasteiger partial charge in [0.2, 0.25) is 0 Å². The Kier molecular flexibility index (Phi) is 14.8. The molecule has 0 heterocycles. The summed E-state index contributed by atoms with van der Waals surface area (Å²) in [5, 5.41) is 2.39. The lowest BCUT2D eigenvalue weighted by Crippen LogP contribution is -2.12. The van der Waals surface area contributed by atoms with Crippen molar-refractivity contribution in [3.63, 3.8) is 0 Å². The second-order valence-electron chi connectivity index (χ2n) is 21.3. The van der Waals surface area contributed by atoms with E-state index in [1.807, 2.05) is 0 Å². The zero-order chi connectivity index (χ0) is 57.4. The van der Waals surface area contributed by atoms with Crippen LogP contribution < -0.4 is 19.6 Å². The molecule has 0 amide bonds. The van der Waals surface area contributed by atoms with Gasteiger partial charge < -0.3 is 19.6 Å². The molecular formula is C82H60N4. The summed E-state index contributed by atoms with van der Waals surface area (Å²) < 4.78 is 0. The van der Waals surface area contributed by atoms with E-state index < -0.39 is 0 Å². The number of anilines is 12. The summed E-state index contributed by atoms with van der Waals surface area (Å²) in [7, 11) is 0. The minimum absolute atomic E-state index is 1.05. The quantitative estimate of drug-likeness (QED) is 0.0956. The average Bonchev–Trinajstić information content (AvgIpc) is 0.847. The molecule has 0 saturated carbocycles. The molecule has 4 heteroatoms. The molecule has 14 rings (SSSR count). The van der Waals surface area contributed by atoms with Gasteiger partial charge in [0.05, 0.1) is 0 Å². The molecule has 0 atom stereocenters. The highest BCUT2D eigenvalue weighted by Gasteiger charge is 2.26. The van der Waals surface area contributed by atoms with Crippen LogP contribution in [-0.4, -0.2) is 0 Å². The van der Waals surface area contributed by atoms with Crippen molar-refractivity contribution in [2.75, 3.05) is 19.6 Å². The highest BCUT2D eigenvalue weighted by molar-refractivity contribution is 6.18. The van der Waals surface area contributed by atoms with Gasteiger partial charge in [0.15, 0.2) is 0 Å². The first kappa shape index (κ1) is 52.6. The standard InChI is InChI=1S/C82H60N4/c1-9-27-61(28-10-1)79-77-43-25-26-44-78(77)80(62-29-11-2-12-30-62)82(64-47-51-72(52-48-64)86(70-41-23-8-24-42-70)76-59-55-74(56-60-76)84(67-35-17-5-18-36-67)68-37-19-6-20-38-68)81(79)63-45-49-71(50-46-63)85(69-39-21-7-22-40-69)75-57-53-73(54-58-75)83(65-31-13-3-14-32-65)66-33-15-4-16-34-66/h1-60H. The van der Waals surface area contributed by atoms with Gasteiger partial charge in [-0.1, -0.05) is 218 Å². The number of rotatable bonds is 16. The maximum absolute atomic E-state index is 2.35. The molecule has 0 aliphatic rings. The third-order valence-corrected chi connectivity index (χ3v) is 16.0. The first-order valence-corrected chi connectivity index (χ1v) is 29.3. The molecular weight excluding hydrogens is 1040 g/mol. The molecule has 86 heavy (non-hydrogen) atoms. The van der Waals surface area contributed by atoms with Crippen LogP contribution in [0.3, 0.4) is 0 Å². The third-order valence-electron chi connectivity index (χ3n) is 16.0. The molecule has 4 nitrogen and oxygen atoms in total. The van der Waals surface area contributed by atoms with E-state index in [1.165, 1.54) is 33.0 Å². The minimum Gasteiger partial charge on any atom is -0.311 e. The van der Waals surface area contributed by atoms with Gasteiger partial charge in [0.25, 0.3) is 0 Å². The first-order chi connectivity index (χ1) is 42.7. The summed E-state index contributed by atoms with van der Waals surface area (Å²) in [5.74, 6) is 0. The lowest BCUT2D eigenvalue weighted by atomic mass is 9.79. The zero-order valence-corrected chi connectivity index (χ0v) is 47.4. The fraction of sp³-hybridized carbons (Fsp3) is 0. The molecule has 408 valence electrons. The van der Waals surface area contributed by atoms with E-state index in [0.717, 1.165) is 90.5 Å². The normalized spacial score (nSPS) is 11.0. The molecule has 0 aliphatic carbocycles. The number of hydrogen-bond acceptors (Lipinski definition) is 4. The van der Waals surface area contributed by atoms with Gasteiger partial charge in [0, 0.05) is 68.2 Å². The molecule has 0 N–H and O–H groups in total. The summed E-state index contributed by atoms with van der Waals surface area (Å²) in [6, 6.07) is 131. The van der Waals surface area contributed by atoms with Crippen LogP contribution in [0.25, 0.3) is 55.3 Å². The molecule has 0 aliphatic heterocycles. The Bertz CT molecular complexity index is 4120. The lowest BCUT2D eigenvalue weighted by Gasteiger charge is -2.29. The Labute approximate surface area is 504 Å². The van der Waals surface area contributed by atoms with Crippen molar-refractivity contribution in [3.05, 3.63) is 364 Å². The van der Waals surface area contributed by atoms with E-state index >= 15 is 0 Å². The van der Waals surface area contributed by atoms with E-state index in [2.05, 4.69) is 384 Å². The van der Waals surface area contributed by atoms with Crippen LogP contribution in [0, 0.1) is 0 Å². The molecule has 0 unspecified atom stereocenters. The van der Waals surface area contributed by atoms with Gasteiger partial charge in [-0.2, -0.15) is 0 Å². The van der Waals surface area contributed by atoms with Gasteiger partial charge >= 0.3 is 0 Å². The number of fused-ring (bicyclic) bond motifs is 1. The van der Waals surface area contributed by atoms with Gasteiger partial charge in [0.1, 0.15) is 0 Å². The fourth-order valence-electron chi connectivity index (χ4n) is 12.1. The van der Waals surface area contributed by atoms with E-state index in [4.69, 9.17) is 0 Å². The third kappa shape index (κ3) is 10.6. The number of nitrogens with zero attached hydrogens (tertiary/aromatic N) is 4. The van der Waals surface area contributed by atoms with Gasteiger partial charge in [-0.3, -0.25) is 0 Å². The Morgan fingerprint density at radius 2 is 0.267 bits per heavy atom. The van der Waals surface area contributed by atoms with Gasteiger partial charge in [-0.25, -0.2) is 0 Å². The van der Waals surface area contributed by atoms with E-state index in [0.29, 0.717) is 0 Å². The predicted molar refractivity (Wildman–Crippen MR) is 364 cm³/mol. The zero-order valence-electron chi connectivity index (χ0n) is 47.4. The van der Waals surface area contributed by atoms with Crippen LogP contribution in [0.5, 0.6) is 0 Å². The number of benzene rings is 14. The van der Waals surface area contributed by atoms with E-state index in [1.54, 1.807) is 0 Å². The Balaban J connectivity index is 0.912. The minimum atomic E-state index is 1.05. The maximum Gasteiger partial charge on any atom is 0.0463 e. The van der Waals surface area contributed by atoms with Crippen molar-refractivity contribution in [3.8, 4) is 44.5 Å². The Morgan fingerprint density at radius 3 is 0.477 bits per heavy atom. The summed E-state index contributed by atoms with van der Waals surface area (Å²) in [4.78, 5) is 9.31. The molecule has 0 saturated heterocycles. The summed E-state index contributed by atoms with van der Waals surface area (Å²) in [6.07, 6.45) is 0. The van der Waals surface area contributed by atoms with Crippen LogP contribution in [0.4, 0.5) is 68.2 Å². The van der Waals surface area contributed by atoms with Crippen molar-refractivity contribution in [2.24, 2.45) is 0 Å². The molecule has 0 aromatic heterocycles. The smallest absolute Gasteiger partial charge is 0.0463 e. The highest BCUT2D eigenvalue weighted by atomic mass is 15.2. The highest BCUT2D eigenvalue weighted by Crippen LogP contribution is 2.52. The SMILES string of the molecule is c1ccc(-c2c(-c3ccc(N(c4ccccc4)c4ccc(N(c5ccccc5)c5ccccc5)cc4)cc3)c(-c3ccc(N(c4ccccc4)c4ccc(N(c5ccccc5)c5ccccc5)cc4)cc3)c(-c3ccccc3)c3ccccc23)cc1. The van der Waals surface area contributed by atoms with Crippen molar-refractivity contribution in [1.29, 1.82) is 0 Å².